The highest BCUT2D eigenvalue weighted by Crippen LogP contribution is 2.26. The van der Waals surface area contributed by atoms with Gasteiger partial charge in [0, 0.05) is 18.1 Å². The highest BCUT2D eigenvalue weighted by atomic mass is 127. The summed E-state index contributed by atoms with van der Waals surface area (Å²) in [6.07, 6.45) is 0. The lowest BCUT2D eigenvalue weighted by Crippen LogP contribution is -2.36. The first-order valence-electron chi connectivity index (χ1n) is 7.75. The zero-order valence-electron chi connectivity index (χ0n) is 14.3. The van der Waals surface area contributed by atoms with Crippen LogP contribution in [0, 0.1) is 0 Å². The highest BCUT2D eigenvalue weighted by Gasteiger charge is 2.03. The van der Waals surface area contributed by atoms with Crippen LogP contribution in [0.25, 0.3) is 0 Å². The molecule has 0 saturated carbocycles. The summed E-state index contributed by atoms with van der Waals surface area (Å²) in [4.78, 5) is 4.53. The Balaban J connectivity index is 0.00000312. The van der Waals surface area contributed by atoms with Gasteiger partial charge in [0.2, 0.25) is 0 Å². The molecule has 25 heavy (non-hydrogen) atoms. The van der Waals surface area contributed by atoms with Crippen molar-refractivity contribution >= 4 is 41.5 Å². The standard InChI is InChI=1S/C18H22ClN3O2.HI/c1-3-20-18(21-11-13-4-7-15(19)8-5-13)22-12-14-6-9-17(24-2)16(23)10-14;/h4-10,23H,3,11-12H2,1-2H3,(H2,20,21,22);1H. The second-order valence-electron chi connectivity index (χ2n) is 5.18. The number of phenolic OH excluding ortho intramolecular Hbond substituents is 1. The van der Waals surface area contributed by atoms with Crippen LogP contribution in [-0.2, 0) is 13.1 Å². The van der Waals surface area contributed by atoms with Crippen molar-refractivity contribution in [1.29, 1.82) is 0 Å². The van der Waals surface area contributed by atoms with Gasteiger partial charge in [-0.05, 0) is 42.3 Å². The summed E-state index contributed by atoms with van der Waals surface area (Å²) in [5, 5.41) is 17.0. The minimum Gasteiger partial charge on any atom is -0.504 e. The largest absolute Gasteiger partial charge is 0.504 e. The van der Waals surface area contributed by atoms with Crippen LogP contribution in [0.15, 0.2) is 47.5 Å². The zero-order chi connectivity index (χ0) is 17.4. The molecule has 0 fully saturated rings. The third-order valence-corrected chi connectivity index (χ3v) is 3.63. The molecule has 5 nitrogen and oxygen atoms in total. The predicted octanol–water partition coefficient (Wildman–Crippen LogP) is 3.93. The minimum absolute atomic E-state index is 0. The summed E-state index contributed by atoms with van der Waals surface area (Å²) < 4.78 is 5.04. The Morgan fingerprint density at radius 2 is 1.80 bits per heavy atom. The predicted molar refractivity (Wildman–Crippen MR) is 113 cm³/mol. The Bertz CT molecular complexity index is 693. The number of hydrogen-bond acceptors (Lipinski definition) is 3. The number of guanidine groups is 1. The summed E-state index contributed by atoms with van der Waals surface area (Å²) >= 11 is 5.89. The molecule has 0 unspecified atom stereocenters. The van der Waals surface area contributed by atoms with Gasteiger partial charge in [0.1, 0.15) is 0 Å². The van der Waals surface area contributed by atoms with Crippen molar-refractivity contribution in [2.45, 2.75) is 20.0 Å². The number of halogens is 2. The van der Waals surface area contributed by atoms with E-state index in [2.05, 4.69) is 15.6 Å². The molecular formula is C18H23ClIN3O2. The van der Waals surface area contributed by atoms with Gasteiger partial charge in [-0.25, -0.2) is 4.99 Å². The number of ether oxygens (including phenoxy) is 1. The number of nitrogens with zero attached hydrogens (tertiary/aromatic N) is 1. The molecule has 0 radical (unpaired) electrons. The third kappa shape index (κ3) is 6.99. The van der Waals surface area contributed by atoms with E-state index in [0.29, 0.717) is 24.8 Å². The van der Waals surface area contributed by atoms with Gasteiger partial charge in [-0.1, -0.05) is 29.8 Å². The molecule has 0 atom stereocenters. The Morgan fingerprint density at radius 1 is 1.12 bits per heavy atom. The number of methoxy groups -OCH3 is 1. The van der Waals surface area contributed by atoms with Gasteiger partial charge in [0.05, 0.1) is 13.7 Å². The van der Waals surface area contributed by atoms with Crippen LogP contribution in [0.3, 0.4) is 0 Å². The maximum absolute atomic E-state index is 9.82. The van der Waals surface area contributed by atoms with Gasteiger partial charge in [0.25, 0.3) is 0 Å². The van der Waals surface area contributed by atoms with E-state index >= 15 is 0 Å². The molecule has 2 rings (SSSR count). The van der Waals surface area contributed by atoms with E-state index < -0.39 is 0 Å². The van der Waals surface area contributed by atoms with Gasteiger partial charge in [-0.3, -0.25) is 0 Å². The van der Waals surface area contributed by atoms with E-state index in [-0.39, 0.29) is 29.7 Å². The van der Waals surface area contributed by atoms with Crippen molar-refractivity contribution in [2.75, 3.05) is 13.7 Å². The summed E-state index contributed by atoms with van der Waals surface area (Å²) in [6, 6.07) is 12.9. The molecule has 0 aliphatic rings. The lowest BCUT2D eigenvalue weighted by Gasteiger charge is -2.12. The second-order valence-corrected chi connectivity index (χ2v) is 5.62. The van der Waals surface area contributed by atoms with Gasteiger partial charge in [-0.2, -0.15) is 0 Å². The number of nitrogens with one attached hydrogen (secondary N) is 2. The fourth-order valence-corrected chi connectivity index (χ4v) is 2.26. The summed E-state index contributed by atoms with van der Waals surface area (Å²) in [5.74, 6) is 1.28. The number of phenols is 1. The highest BCUT2D eigenvalue weighted by molar-refractivity contribution is 14.0. The number of benzene rings is 2. The van der Waals surface area contributed by atoms with Crippen molar-refractivity contribution in [3.05, 3.63) is 58.6 Å². The third-order valence-electron chi connectivity index (χ3n) is 3.38. The van der Waals surface area contributed by atoms with Crippen molar-refractivity contribution in [1.82, 2.24) is 10.6 Å². The maximum atomic E-state index is 9.82. The number of aliphatic imine (C=N–C) groups is 1. The molecule has 0 aliphatic heterocycles. The zero-order valence-corrected chi connectivity index (χ0v) is 17.3. The average Bonchev–Trinajstić information content (AvgIpc) is 2.59. The fourth-order valence-electron chi connectivity index (χ4n) is 2.13. The van der Waals surface area contributed by atoms with Crippen LogP contribution in [-0.4, -0.2) is 24.7 Å². The van der Waals surface area contributed by atoms with Gasteiger partial charge >= 0.3 is 0 Å². The van der Waals surface area contributed by atoms with E-state index in [1.165, 1.54) is 7.11 Å². The van der Waals surface area contributed by atoms with Crippen LogP contribution in [0.5, 0.6) is 11.5 Å². The SMILES string of the molecule is CCNC(=NCc1ccc(OC)c(O)c1)NCc1ccc(Cl)cc1.I. The maximum Gasteiger partial charge on any atom is 0.191 e. The molecular weight excluding hydrogens is 453 g/mol. The Hall–Kier alpha value is -1.67. The van der Waals surface area contributed by atoms with Crippen LogP contribution in [0.4, 0.5) is 0 Å². The molecule has 0 spiro atoms. The molecule has 0 amide bonds. The van der Waals surface area contributed by atoms with Crippen LogP contribution in [0.1, 0.15) is 18.1 Å². The molecule has 3 N–H and O–H groups in total. The van der Waals surface area contributed by atoms with Crippen molar-refractivity contribution in [2.24, 2.45) is 4.99 Å². The summed E-state index contributed by atoms with van der Waals surface area (Å²) in [5.41, 5.74) is 2.02. The summed E-state index contributed by atoms with van der Waals surface area (Å²) in [6.45, 7) is 3.88. The van der Waals surface area contributed by atoms with E-state index in [4.69, 9.17) is 16.3 Å². The van der Waals surface area contributed by atoms with Crippen molar-refractivity contribution < 1.29 is 9.84 Å². The molecule has 0 aliphatic carbocycles. The van der Waals surface area contributed by atoms with E-state index in [1.807, 2.05) is 37.3 Å². The lowest BCUT2D eigenvalue weighted by molar-refractivity contribution is 0.373. The van der Waals surface area contributed by atoms with Crippen LogP contribution < -0.4 is 15.4 Å². The molecule has 7 heteroatoms. The molecule has 136 valence electrons. The average molecular weight is 476 g/mol. The molecule has 0 heterocycles. The first-order valence-corrected chi connectivity index (χ1v) is 8.12. The molecule has 0 saturated heterocycles. The number of rotatable bonds is 6. The minimum atomic E-state index is 0. The summed E-state index contributed by atoms with van der Waals surface area (Å²) in [7, 11) is 1.52. The fraction of sp³-hybridized carbons (Fsp3) is 0.278. The molecule has 2 aromatic rings. The second kappa shape index (κ2) is 11.0. The van der Waals surface area contributed by atoms with E-state index in [1.54, 1.807) is 12.1 Å². The van der Waals surface area contributed by atoms with Gasteiger partial charge < -0.3 is 20.5 Å². The van der Waals surface area contributed by atoms with Crippen molar-refractivity contribution in [3.63, 3.8) is 0 Å². The normalized spacial score (nSPS) is 10.8. The Labute approximate surface area is 170 Å². The molecule has 2 aromatic carbocycles. The van der Waals surface area contributed by atoms with Crippen LogP contribution >= 0.6 is 35.6 Å². The van der Waals surface area contributed by atoms with E-state index in [9.17, 15) is 5.11 Å². The first-order chi connectivity index (χ1) is 11.6. The topological polar surface area (TPSA) is 65.9 Å². The number of hydrogen-bond donors (Lipinski definition) is 3. The number of aromatic hydroxyl groups is 1. The van der Waals surface area contributed by atoms with Gasteiger partial charge in [0.15, 0.2) is 17.5 Å². The first kappa shape index (κ1) is 21.4. The lowest BCUT2D eigenvalue weighted by atomic mass is 10.2. The smallest absolute Gasteiger partial charge is 0.191 e. The van der Waals surface area contributed by atoms with Crippen molar-refractivity contribution in [3.8, 4) is 11.5 Å². The molecule has 0 bridgehead atoms. The molecule has 0 aromatic heterocycles. The quantitative estimate of drug-likeness (QED) is 0.336. The Kier molecular flexibility index (Phi) is 9.44. The monoisotopic (exact) mass is 475 g/mol. The van der Waals surface area contributed by atoms with Crippen LogP contribution in [0.2, 0.25) is 5.02 Å². The Morgan fingerprint density at radius 3 is 2.40 bits per heavy atom. The van der Waals surface area contributed by atoms with E-state index in [0.717, 1.165) is 22.7 Å². The van der Waals surface area contributed by atoms with Gasteiger partial charge in [-0.15, -0.1) is 24.0 Å².